The van der Waals surface area contributed by atoms with E-state index in [0.717, 1.165) is 6.07 Å². The fraction of sp³-hybridized carbons (Fsp3) is 0.586. The second kappa shape index (κ2) is 15.0. The number of carbonyl (C=O) groups excluding carboxylic acids is 2. The molecular formula is C29H44F3N7O3. The third kappa shape index (κ3) is 12.1. The number of piperidine rings is 1. The Hall–Kier alpha value is -3.61. The van der Waals surface area contributed by atoms with Crippen LogP contribution in [0.5, 0.6) is 0 Å². The minimum Gasteiger partial charge on any atom is -0.444 e. The highest BCUT2D eigenvalue weighted by molar-refractivity contribution is 6.01. The van der Waals surface area contributed by atoms with Crippen LogP contribution in [0.4, 0.5) is 28.4 Å². The van der Waals surface area contributed by atoms with E-state index in [1.807, 2.05) is 17.9 Å². The van der Waals surface area contributed by atoms with Crippen LogP contribution in [0.25, 0.3) is 0 Å². The number of rotatable bonds is 8. The van der Waals surface area contributed by atoms with Crippen molar-refractivity contribution >= 4 is 29.5 Å². The molecule has 1 heterocycles. The van der Waals surface area contributed by atoms with Crippen molar-refractivity contribution in [2.24, 2.45) is 15.7 Å². The van der Waals surface area contributed by atoms with Crippen molar-refractivity contribution in [3.63, 3.8) is 0 Å². The number of benzene rings is 1. The molecule has 10 nitrogen and oxygen atoms in total. The molecule has 0 aromatic heterocycles. The summed E-state index contributed by atoms with van der Waals surface area (Å²) in [5.41, 5.74) is 5.21. The summed E-state index contributed by atoms with van der Waals surface area (Å²) in [6, 6.07) is 2.08. The van der Waals surface area contributed by atoms with Gasteiger partial charge in [0.2, 0.25) is 5.96 Å². The number of likely N-dealkylation sites (tertiary alicyclic amines) is 1. The van der Waals surface area contributed by atoms with Crippen LogP contribution in [0.15, 0.2) is 40.3 Å². The molecule has 42 heavy (non-hydrogen) atoms. The SMILES string of the molecule is C/C=C\C(C)=NC(N)=NC(C)[C@H](C)NC(=O)Nc1ccc(CN2CCC(NC(=O)OC(C)(C)C)CC2)c(C(F)(F)F)c1. The molecule has 1 aliphatic rings. The molecule has 0 aliphatic carbocycles. The van der Waals surface area contributed by atoms with Gasteiger partial charge >= 0.3 is 18.3 Å². The molecule has 1 fully saturated rings. The van der Waals surface area contributed by atoms with Crippen molar-refractivity contribution in [3.05, 3.63) is 41.5 Å². The Morgan fingerprint density at radius 3 is 2.40 bits per heavy atom. The molecule has 5 N–H and O–H groups in total. The second-order valence-corrected chi connectivity index (χ2v) is 11.4. The zero-order valence-electron chi connectivity index (χ0n) is 25.4. The van der Waals surface area contributed by atoms with Gasteiger partial charge in [0.15, 0.2) is 0 Å². The quantitative estimate of drug-likeness (QED) is 0.235. The average Bonchev–Trinajstić information content (AvgIpc) is 2.84. The zero-order chi connectivity index (χ0) is 31.7. The molecule has 0 spiro atoms. The molecule has 1 aromatic carbocycles. The smallest absolute Gasteiger partial charge is 0.416 e. The van der Waals surface area contributed by atoms with Gasteiger partial charge in [-0.1, -0.05) is 12.1 Å². The minimum absolute atomic E-state index is 0.0123. The molecule has 0 bridgehead atoms. The highest BCUT2D eigenvalue weighted by atomic mass is 19.4. The number of hydrogen-bond acceptors (Lipinski definition) is 5. The summed E-state index contributed by atoms with van der Waals surface area (Å²) in [6.07, 6.45) is -0.339. The van der Waals surface area contributed by atoms with Crippen LogP contribution in [0.3, 0.4) is 0 Å². The van der Waals surface area contributed by atoms with Gasteiger partial charge in [-0.05, 0) is 85.1 Å². The van der Waals surface area contributed by atoms with Gasteiger partial charge < -0.3 is 26.4 Å². The van der Waals surface area contributed by atoms with E-state index in [0.29, 0.717) is 31.6 Å². The molecular weight excluding hydrogens is 551 g/mol. The second-order valence-electron chi connectivity index (χ2n) is 11.4. The highest BCUT2D eigenvalue weighted by Gasteiger charge is 2.34. The van der Waals surface area contributed by atoms with E-state index in [4.69, 9.17) is 10.5 Å². The van der Waals surface area contributed by atoms with Crippen LogP contribution in [-0.4, -0.2) is 65.5 Å². The lowest BCUT2D eigenvalue weighted by atomic mass is 10.0. The first-order valence-corrected chi connectivity index (χ1v) is 14.0. The number of nitrogens with zero attached hydrogens (tertiary/aromatic N) is 3. The summed E-state index contributed by atoms with van der Waals surface area (Å²) in [5.74, 6) is 0.0566. The Balaban J connectivity index is 2.00. The number of anilines is 1. The number of urea groups is 1. The predicted octanol–water partition coefficient (Wildman–Crippen LogP) is 5.44. The number of guanidine groups is 1. The van der Waals surface area contributed by atoms with E-state index in [1.165, 1.54) is 12.1 Å². The summed E-state index contributed by atoms with van der Waals surface area (Å²) in [4.78, 5) is 34.9. The average molecular weight is 596 g/mol. The van der Waals surface area contributed by atoms with E-state index in [-0.39, 0.29) is 29.8 Å². The molecule has 3 amide bonds. The van der Waals surface area contributed by atoms with Crippen LogP contribution in [0.2, 0.25) is 0 Å². The fourth-order valence-electron chi connectivity index (χ4n) is 4.31. The van der Waals surface area contributed by atoms with Crippen molar-refractivity contribution in [3.8, 4) is 0 Å². The standard InChI is InChI=1S/C29H44F3N7O3/c1-8-9-18(2)34-25(33)35-19(3)20(4)36-26(40)37-23-11-10-21(24(16-23)29(30,31)32)17-39-14-12-22(13-15-39)38-27(41)42-28(5,6)7/h8-11,16,19-20,22H,12-15,17H2,1-7H3,(H2,33,35)(H,38,41)(H2,36,37,40)/b9-8-,34-18?/t19?,20-/m0/s1. The first-order chi connectivity index (χ1) is 19.5. The van der Waals surface area contributed by atoms with Crippen molar-refractivity contribution < 1.29 is 27.5 Å². The van der Waals surface area contributed by atoms with E-state index in [1.54, 1.807) is 47.6 Å². The van der Waals surface area contributed by atoms with E-state index in [9.17, 15) is 22.8 Å². The van der Waals surface area contributed by atoms with Gasteiger partial charge in [0.1, 0.15) is 5.60 Å². The maximum Gasteiger partial charge on any atom is 0.416 e. The number of alkyl halides is 3. The maximum atomic E-state index is 14.0. The Morgan fingerprint density at radius 1 is 1.19 bits per heavy atom. The van der Waals surface area contributed by atoms with Gasteiger partial charge in [-0.15, -0.1) is 0 Å². The number of aliphatic imine (C=N–C) groups is 2. The van der Waals surface area contributed by atoms with Gasteiger partial charge in [0, 0.05) is 43.1 Å². The molecule has 234 valence electrons. The lowest BCUT2D eigenvalue weighted by Gasteiger charge is -2.33. The Labute approximate surface area is 246 Å². The summed E-state index contributed by atoms with van der Waals surface area (Å²) < 4.78 is 47.2. The third-order valence-corrected chi connectivity index (χ3v) is 6.49. The van der Waals surface area contributed by atoms with Crippen LogP contribution >= 0.6 is 0 Å². The van der Waals surface area contributed by atoms with E-state index < -0.39 is 41.5 Å². The van der Waals surface area contributed by atoms with Crippen LogP contribution in [0.1, 0.15) is 72.4 Å². The number of nitrogens with one attached hydrogen (secondary N) is 3. The number of nitrogens with two attached hydrogens (primary N) is 1. The van der Waals surface area contributed by atoms with Gasteiger partial charge in [-0.2, -0.15) is 13.2 Å². The number of amides is 3. The number of ether oxygens (including phenoxy) is 1. The van der Waals surface area contributed by atoms with Crippen molar-refractivity contribution in [1.29, 1.82) is 0 Å². The fourth-order valence-corrected chi connectivity index (χ4v) is 4.31. The molecule has 1 saturated heterocycles. The summed E-state index contributed by atoms with van der Waals surface area (Å²) in [7, 11) is 0. The predicted molar refractivity (Wildman–Crippen MR) is 160 cm³/mol. The molecule has 0 radical (unpaired) electrons. The molecule has 2 atom stereocenters. The number of allylic oxidation sites excluding steroid dienone is 2. The number of carbonyl (C=O) groups is 2. The van der Waals surface area contributed by atoms with Crippen LogP contribution in [-0.2, 0) is 17.5 Å². The first kappa shape index (κ1) is 34.6. The molecule has 0 saturated carbocycles. The topological polar surface area (TPSA) is 133 Å². The van der Waals surface area contributed by atoms with E-state index >= 15 is 0 Å². The summed E-state index contributed by atoms with van der Waals surface area (Å²) in [6.45, 7) is 13.5. The zero-order valence-corrected chi connectivity index (χ0v) is 25.4. The number of hydrogen-bond donors (Lipinski definition) is 4. The Kier molecular flexibility index (Phi) is 12.4. The van der Waals surface area contributed by atoms with Crippen molar-refractivity contribution in [2.45, 2.75) is 97.8 Å². The molecule has 1 aromatic rings. The van der Waals surface area contributed by atoms with Gasteiger partial charge in [-0.3, -0.25) is 4.90 Å². The molecule has 1 aliphatic heterocycles. The van der Waals surface area contributed by atoms with Crippen molar-refractivity contribution in [2.75, 3.05) is 18.4 Å². The number of halogens is 3. The lowest BCUT2D eigenvalue weighted by molar-refractivity contribution is -0.138. The monoisotopic (exact) mass is 595 g/mol. The summed E-state index contributed by atoms with van der Waals surface area (Å²) >= 11 is 0. The lowest BCUT2D eigenvalue weighted by Crippen LogP contribution is -2.46. The maximum absolute atomic E-state index is 14.0. The van der Waals surface area contributed by atoms with Gasteiger partial charge in [0.05, 0.1) is 11.6 Å². The summed E-state index contributed by atoms with van der Waals surface area (Å²) in [5, 5.41) is 7.99. The largest absolute Gasteiger partial charge is 0.444 e. The van der Waals surface area contributed by atoms with Crippen molar-refractivity contribution in [1.82, 2.24) is 15.5 Å². The van der Waals surface area contributed by atoms with Crippen LogP contribution in [0, 0.1) is 0 Å². The molecule has 2 rings (SSSR count). The van der Waals surface area contributed by atoms with Crippen LogP contribution < -0.4 is 21.7 Å². The highest BCUT2D eigenvalue weighted by Crippen LogP contribution is 2.35. The minimum atomic E-state index is -4.61. The Morgan fingerprint density at radius 2 is 1.83 bits per heavy atom. The molecule has 1 unspecified atom stereocenters. The first-order valence-electron chi connectivity index (χ1n) is 14.0. The van der Waals surface area contributed by atoms with Gasteiger partial charge in [0.25, 0.3) is 0 Å². The normalized spacial score (nSPS) is 17.6. The molecule has 13 heteroatoms. The van der Waals surface area contributed by atoms with Gasteiger partial charge in [-0.25, -0.2) is 19.6 Å². The Bertz CT molecular complexity index is 1170. The van der Waals surface area contributed by atoms with E-state index in [2.05, 4.69) is 25.9 Å². The number of alkyl carbamates (subject to hydrolysis) is 1. The third-order valence-electron chi connectivity index (χ3n) is 6.49.